The van der Waals surface area contributed by atoms with Crippen molar-refractivity contribution in [2.75, 3.05) is 0 Å². The zero-order valence-corrected chi connectivity index (χ0v) is 12.4. The minimum atomic E-state index is -0.732. The first-order chi connectivity index (χ1) is 9.89. The molecule has 2 rings (SSSR count). The zero-order valence-electron chi connectivity index (χ0n) is 12.4. The number of hydrogen-bond donors (Lipinski definition) is 1. The maximum Gasteiger partial charge on any atom is 0.408 e. The molecule has 2 aromatic carbocycles. The molecule has 108 valence electrons. The van der Waals surface area contributed by atoms with Crippen molar-refractivity contribution >= 4 is 16.9 Å². The van der Waals surface area contributed by atoms with Gasteiger partial charge in [-0.15, -0.1) is 0 Å². The Morgan fingerprint density at radius 2 is 1.86 bits per heavy atom. The fourth-order valence-electron chi connectivity index (χ4n) is 2.00. The molecule has 1 amide bonds. The molecule has 1 N–H and O–H groups in total. The molecule has 21 heavy (non-hydrogen) atoms. The van der Waals surface area contributed by atoms with E-state index in [9.17, 15) is 10.1 Å². The molecular formula is C17H18N2O2. The summed E-state index contributed by atoms with van der Waals surface area (Å²) in [4.78, 5) is 11.8. The number of carbonyl (C=O) groups excluding carboxylic acids is 1. The lowest BCUT2D eigenvalue weighted by Gasteiger charge is -2.21. The fourth-order valence-corrected chi connectivity index (χ4v) is 2.00. The summed E-state index contributed by atoms with van der Waals surface area (Å²) in [6.07, 6.45) is -0.595. The summed E-state index contributed by atoms with van der Waals surface area (Å²) < 4.78 is 5.18. The van der Waals surface area contributed by atoms with Crippen molar-refractivity contribution in [3.8, 4) is 6.07 Å². The average Bonchev–Trinajstić information content (AvgIpc) is 2.42. The summed E-state index contributed by atoms with van der Waals surface area (Å²) in [6.45, 7) is 5.35. The van der Waals surface area contributed by atoms with Gasteiger partial charge in [-0.2, -0.15) is 5.26 Å². The van der Waals surface area contributed by atoms with Gasteiger partial charge in [0.1, 0.15) is 11.6 Å². The smallest absolute Gasteiger partial charge is 0.408 e. The van der Waals surface area contributed by atoms with E-state index in [0.29, 0.717) is 0 Å². The Hall–Kier alpha value is -2.54. The van der Waals surface area contributed by atoms with E-state index in [1.807, 2.05) is 42.5 Å². The summed E-state index contributed by atoms with van der Waals surface area (Å²) >= 11 is 0. The van der Waals surface area contributed by atoms with Gasteiger partial charge < -0.3 is 10.1 Å². The monoisotopic (exact) mass is 282 g/mol. The van der Waals surface area contributed by atoms with Crippen molar-refractivity contribution in [3.63, 3.8) is 0 Å². The highest BCUT2D eigenvalue weighted by Gasteiger charge is 2.20. The van der Waals surface area contributed by atoms with E-state index in [-0.39, 0.29) is 0 Å². The minimum Gasteiger partial charge on any atom is -0.444 e. The number of carbonyl (C=O) groups is 1. The molecule has 0 aliphatic rings. The average molecular weight is 282 g/mol. The van der Waals surface area contributed by atoms with Gasteiger partial charge in [-0.3, -0.25) is 0 Å². The molecule has 0 bridgehead atoms. The molecule has 0 fully saturated rings. The molecule has 1 atom stereocenters. The van der Waals surface area contributed by atoms with Gasteiger partial charge >= 0.3 is 6.09 Å². The van der Waals surface area contributed by atoms with Crippen LogP contribution in [0.25, 0.3) is 10.8 Å². The Bertz CT molecular complexity index is 696. The molecule has 0 heterocycles. The van der Waals surface area contributed by atoms with Gasteiger partial charge in [0.05, 0.1) is 6.07 Å². The van der Waals surface area contributed by atoms with E-state index in [2.05, 4.69) is 11.4 Å². The van der Waals surface area contributed by atoms with Crippen molar-refractivity contribution in [2.24, 2.45) is 0 Å². The molecule has 4 nitrogen and oxygen atoms in total. The Morgan fingerprint density at radius 1 is 1.19 bits per heavy atom. The largest absolute Gasteiger partial charge is 0.444 e. The number of rotatable bonds is 2. The fraction of sp³-hybridized carbons (Fsp3) is 0.294. The molecule has 0 aliphatic carbocycles. The van der Waals surface area contributed by atoms with Crippen LogP contribution in [-0.4, -0.2) is 11.7 Å². The van der Waals surface area contributed by atoms with E-state index in [1.165, 1.54) is 0 Å². The molecule has 0 aromatic heterocycles. The number of alkyl carbamates (subject to hydrolysis) is 1. The number of benzene rings is 2. The Morgan fingerprint density at radius 3 is 2.48 bits per heavy atom. The number of hydrogen-bond acceptors (Lipinski definition) is 3. The third-order valence-electron chi connectivity index (χ3n) is 2.90. The maximum atomic E-state index is 11.8. The van der Waals surface area contributed by atoms with E-state index >= 15 is 0 Å². The van der Waals surface area contributed by atoms with Crippen LogP contribution in [0.5, 0.6) is 0 Å². The number of fused-ring (bicyclic) bond motifs is 1. The second kappa shape index (κ2) is 5.84. The second-order valence-electron chi connectivity index (χ2n) is 5.81. The molecule has 0 spiro atoms. The summed E-state index contributed by atoms with van der Waals surface area (Å²) in [6, 6.07) is 14.9. The summed E-state index contributed by atoms with van der Waals surface area (Å²) in [5, 5.41) is 14.0. The lowest BCUT2D eigenvalue weighted by Crippen LogP contribution is -2.34. The number of ether oxygens (including phenoxy) is 1. The van der Waals surface area contributed by atoms with Gasteiger partial charge in [-0.25, -0.2) is 4.79 Å². The first-order valence-electron chi connectivity index (χ1n) is 6.77. The van der Waals surface area contributed by atoms with Gasteiger partial charge in [0.25, 0.3) is 0 Å². The van der Waals surface area contributed by atoms with Crippen LogP contribution in [0.4, 0.5) is 4.79 Å². The van der Waals surface area contributed by atoms with Crippen molar-refractivity contribution < 1.29 is 9.53 Å². The van der Waals surface area contributed by atoms with Gasteiger partial charge in [-0.05, 0) is 43.2 Å². The Kier molecular flexibility index (Phi) is 4.13. The molecule has 0 saturated carbocycles. The number of nitrogens with zero attached hydrogens (tertiary/aromatic N) is 1. The van der Waals surface area contributed by atoms with Crippen molar-refractivity contribution in [2.45, 2.75) is 32.4 Å². The number of nitrogens with one attached hydrogen (secondary N) is 1. The van der Waals surface area contributed by atoms with E-state index in [4.69, 9.17) is 4.74 Å². The number of nitriles is 1. The van der Waals surface area contributed by atoms with E-state index in [1.54, 1.807) is 20.8 Å². The minimum absolute atomic E-state index is 0.590. The van der Waals surface area contributed by atoms with Crippen LogP contribution in [0.3, 0.4) is 0 Å². The predicted molar refractivity (Wildman–Crippen MR) is 81.7 cm³/mol. The second-order valence-corrected chi connectivity index (χ2v) is 5.81. The number of amides is 1. The van der Waals surface area contributed by atoms with Crippen LogP contribution in [0.2, 0.25) is 0 Å². The molecule has 4 heteroatoms. The zero-order chi connectivity index (χ0) is 15.5. The van der Waals surface area contributed by atoms with E-state index in [0.717, 1.165) is 16.3 Å². The maximum absolute atomic E-state index is 11.8. The third kappa shape index (κ3) is 3.96. The predicted octanol–water partition coefficient (Wildman–Crippen LogP) is 3.93. The SMILES string of the molecule is CC(C)(C)OC(=O)N[C@H](C#N)c1ccc2ccccc2c1. The quantitative estimate of drug-likeness (QED) is 0.907. The molecule has 2 aromatic rings. The first-order valence-corrected chi connectivity index (χ1v) is 6.77. The highest BCUT2D eigenvalue weighted by Crippen LogP contribution is 2.20. The molecule has 0 aliphatic heterocycles. The first kappa shape index (κ1) is 14.9. The Balaban J connectivity index is 2.20. The highest BCUT2D eigenvalue weighted by molar-refractivity contribution is 5.83. The van der Waals surface area contributed by atoms with Crippen LogP contribution < -0.4 is 5.32 Å². The molecular weight excluding hydrogens is 264 g/mol. The highest BCUT2D eigenvalue weighted by atomic mass is 16.6. The lowest BCUT2D eigenvalue weighted by molar-refractivity contribution is 0.0515. The van der Waals surface area contributed by atoms with Gasteiger partial charge in [-0.1, -0.05) is 36.4 Å². The normalized spacial score (nSPS) is 12.5. The lowest BCUT2D eigenvalue weighted by atomic mass is 10.0. The summed E-state index contributed by atoms with van der Waals surface area (Å²) in [5.41, 5.74) is 0.148. The van der Waals surface area contributed by atoms with Crippen LogP contribution in [0.15, 0.2) is 42.5 Å². The molecule has 0 unspecified atom stereocenters. The van der Waals surface area contributed by atoms with Crippen LogP contribution >= 0.6 is 0 Å². The van der Waals surface area contributed by atoms with Gasteiger partial charge in [0.2, 0.25) is 0 Å². The van der Waals surface area contributed by atoms with Crippen LogP contribution in [-0.2, 0) is 4.74 Å². The van der Waals surface area contributed by atoms with Gasteiger partial charge in [0.15, 0.2) is 0 Å². The standard InChI is InChI=1S/C17H18N2O2/c1-17(2,3)21-16(20)19-15(11-18)14-9-8-12-6-4-5-7-13(12)10-14/h4-10,15H,1-3H3,(H,19,20)/t15-/m1/s1. The van der Waals surface area contributed by atoms with Gasteiger partial charge in [0, 0.05) is 0 Å². The summed E-state index contributed by atoms with van der Waals surface area (Å²) in [7, 11) is 0. The third-order valence-corrected chi connectivity index (χ3v) is 2.90. The van der Waals surface area contributed by atoms with Crippen LogP contribution in [0, 0.1) is 11.3 Å². The van der Waals surface area contributed by atoms with Crippen molar-refractivity contribution in [1.82, 2.24) is 5.32 Å². The van der Waals surface area contributed by atoms with E-state index < -0.39 is 17.7 Å². The molecule has 0 saturated heterocycles. The topological polar surface area (TPSA) is 62.1 Å². The molecule has 0 radical (unpaired) electrons. The van der Waals surface area contributed by atoms with Crippen molar-refractivity contribution in [3.05, 3.63) is 48.0 Å². The summed E-state index contributed by atoms with van der Waals surface area (Å²) in [5.74, 6) is 0. The Labute approximate surface area is 124 Å². The van der Waals surface area contributed by atoms with Crippen molar-refractivity contribution in [1.29, 1.82) is 5.26 Å². The van der Waals surface area contributed by atoms with Crippen LogP contribution in [0.1, 0.15) is 32.4 Å².